The first kappa shape index (κ1) is 25.7. The van der Waals surface area contributed by atoms with Gasteiger partial charge >= 0.3 is 5.97 Å². The highest BCUT2D eigenvalue weighted by molar-refractivity contribution is 9.10. The van der Waals surface area contributed by atoms with Crippen LogP contribution in [0.3, 0.4) is 0 Å². The van der Waals surface area contributed by atoms with E-state index in [0.29, 0.717) is 25.3 Å². The van der Waals surface area contributed by atoms with Gasteiger partial charge in [0.25, 0.3) is 0 Å². The summed E-state index contributed by atoms with van der Waals surface area (Å²) < 4.78 is 1.05. The molecule has 3 atom stereocenters. The number of oxime groups is 1. The Hall–Kier alpha value is -1.89. The third-order valence-corrected chi connectivity index (χ3v) is 8.38. The summed E-state index contributed by atoms with van der Waals surface area (Å²) in [5.74, 6) is -0.581. The van der Waals surface area contributed by atoms with Crippen LogP contribution in [0.5, 0.6) is 0 Å². The Labute approximate surface area is 205 Å². The molecule has 0 spiro atoms. The van der Waals surface area contributed by atoms with Gasteiger partial charge in [-0.15, -0.1) is 0 Å². The van der Waals surface area contributed by atoms with Crippen LogP contribution in [0.1, 0.15) is 89.8 Å². The van der Waals surface area contributed by atoms with Crippen LogP contribution >= 0.6 is 15.9 Å². The molecule has 0 aromatic heterocycles. The van der Waals surface area contributed by atoms with E-state index in [1.165, 1.54) is 5.56 Å². The molecule has 0 heterocycles. The minimum Gasteiger partial charge on any atom is -0.481 e. The maximum atomic E-state index is 12.4. The fourth-order valence-electron chi connectivity index (χ4n) is 5.58. The van der Waals surface area contributed by atoms with Crippen molar-refractivity contribution in [1.29, 1.82) is 0 Å². The zero-order chi connectivity index (χ0) is 24.6. The number of aliphatic carboxylic acids is 1. The molecule has 2 aliphatic carbocycles. The first-order valence-corrected chi connectivity index (χ1v) is 12.7. The average molecular weight is 521 g/mol. The number of halogens is 1. The summed E-state index contributed by atoms with van der Waals surface area (Å²) in [5.41, 5.74) is 3.14. The molecule has 1 saturated carbocycles. The maximum absolute atomic E-state index is 12.4. The van der Waals surface area contributed by atoms with Gasteiger partial charge in [-0.3, -0.25) is 9.59 Å². The first-order chi connectivity index (χ1) is 15.4. The lowest BCUT2D eigenvalue weighted by Gasteiger charge is -2.53. The highest BCUT2D eigenvalue weighted by Gasteiger charge is 2.56. The maximum Gasteiger partial charge on any atom is 0.309 e. The zero-order valence-corrected chi connectivity index (χ0v) is 22.2. The molecular weight excluding hydrogens is 484 g/mol. The summed E-state index contributed by atoms with van der Waals surface area (Å²) in [6.45, 7) is 12.8. The van der Waals surface area contributed by atoms with Crippen LogP contribution in [0.4, 0.5) is 0 Å². The van der Waals surface area contributed by atoms with Gasteiger partial charge in [-0.25, -0.2) is 0 Å². The Bertz CT molecular complexity index is 958. The lowest BCUT2D eigenvalue weighted by molar-refractivity contribution is -0.156. The summed E-state index contributed by atoms with van der Waals surface area (Å²) in [5, 5.41) is 17.5. The van der Waals surface area contributed by atoms with Crippen molar-refractivity contribution >= 4 is 33.5 Å². The molecule has 3 rings (SSSR count). The smallest absolute Gasteiger partial charge is 0.309 e. The normalized spacial score (nSPS) is 27.9. The number of hydrogen-bond donors (Lipinski definition) is 2. The van der Waals surface area contributed by atoms with Crippen LogP contribution in [0.25, 0.3) is 0 Å². The molecule has 2 N–H and O–H groups in total. The Morgan fingerprint density at radius 2 is 1.94 bits per heavy atom. The van der Waals surface area contributed by atoms with Crippen molar-refractivity contribution in [3.63, 3.8) is 0 Å². The predicted octanol–water partition coefficient (Wildman–Crippen LogP) is 5.62. The molecule has 33 heavy (non-hydrogen) atoms. The Kier molecular flexibility index (Phi) is 7.62. The van der Waals surface area contributed by atoms with Crippen molar-refractivity contribution < 1.29 is 19.5 Å². The Morgan fingerprint density at radius 3 is 2.55 bits per heavy atom. The fraction of sp³-hybridized carbons (Fsp3) is 0.654. The number of amides is 1. The quantitative estimate of drug-likeness (QED) is 0.360. The van der Waals surface area contributed by atoms with Crippen molar-refractivity contribution in [3.8, 4) is 0 Å². The Morgan fingerprint density at radius 1 is 1.24 bits per heavy atom. The number of fused-ring (bicyclic) bond motifs is 3. The van der Waals surface area contributed by atoms with Gasteiger partial charge in [0.05, 0.1) is 17.7 Å². The van der Waals surface area contributed by atoms with Gasteiger partial charge in [0.1, 0.15) is 6.61 Å². The molecule has 0 bridgehead atoms. The number of nitrogens with one attached hydrogen (secondary N) is 1. The van der Waals surface area contributed by atoms with Gasteiger partial charge in [0.2, 0.25) is 5.91 Å². The van der Waals surface area contributed by atoms with Crippen molar-refractivity contribution in [2.75, 3.05) is 13.2 Å². The molecular formula is C26H37BrN2O4. The number of carbonyl (C=O) groups is 2. The second-order valence-corrected chi connectivity index (χ2v) is 11.5. The van der Waals surface area contributed by atoms with E-state index in [2.05, 4.69) is 59.3 Å². The molecule has 0 aliphatic heterocycles. The summed E-state index contributed by atoms with van der Waals surface area (Å²) in [4.78, 5) is 29.8. The standard InChI is InChI=1S/C26H37BrN2O4/c1-15(2)17-12-18-19(13-20(17)27)25(5)8-7-9-26(6,24(31)32)22(25)14-21(18)29-33-11-10-28-23(30)16(3)4/h12-13,15-16,22H,7-11,14H2,1-6H3,(H,28,30)(H,31,32)/b29-21+/t22-,25-,26-/m1/s1. The number of benzene rings is 1. The highest BCUT2D eigenvalue weighted by atomic mass is 79.9. The van der Waals surface area contributed by atoms with E-state index in [4.69, 9.17) is 4.84 Å². The van der Waals surface area contributed by atoms with Gasteiger partial charge in [0, 0.05) is 16.0 Å². The summed E-state index contributed by atoms with van der Waals surface area (Å²) in [7, 11) is 0. The van der Waals surface area contributed by atoms with Gasteiger partial charge in [-0.05, 0) is 66.7 Å². The van der Waals surface area contributed by atoms with Gasteiger partial charge < -0.3 is 15.3 Å². The minimum atomic E-state index is -0.820. The van der Waals surface area contributed by atoms with E-state index in [1.807, 2.05) is 20.8 Å². The van der Waals surface area contributed by atoms with E-state index >= 15 is 0 Å². The van der Waals surface area contributed by atoms with Crippen molar-refractivity contribution in [2.24, 2.45) is 22.4 Å². The van der Waals surface area contributed by atoms with Crippen molar-refractivity contribution in [2.45, 2.75) is 78.6 Å². The lowest BCUT2D eigenvalue weighted by Crippen LogP contribution is -2.53. The number of hydrogen-bond acceptors (Lipinski definition) is 4. The molecule has 1 aromatic rings. The molecule has 1 aromatic carbocycles. The van der Waals surface area contributed by atoms with Crippen LogP contribution in [0.2, 0.25) is 0 Å². The van der Waals surface area contributed by atoms with E-state index in [-0.39, 0.29) is 29.8 Å². The monoisotopic (exact) mass is 520 g/mol. The third-order valence-electron chi connectivity index (χ3n) is 7.69. The second-order valence-electron chi connectivity index (χ2n) is 10.6. The first-order valence-electron chi connectivity index (χ1n) is 12.0. The molecule has 1 fully saturated rings. The average Bonchev–Trinajstić information content (AvgIpc) is 2.73. The number of carboxylic acids is 1. The van der Waals surface area contributed by atoms with Gasteiger partial charge in [-0.2, -0.15) is 0 Å². The van der Waals surface area contributed by atoms with Crippen LogP contribution in [-0.2, 0) is 19.8 Å². The van der Waals surface area contributed by atoms with Crippen LogP contribution in [0, 0.1) is 17.3 Å². The third kappa shape index (κ3) is 4.84. The molecule has 0 saturated heterocycles. The molecule has 0 unspecified atom stereocenters. The van der Waals surface area contributed by atoms with Crippen LogP contribution in [-0.4, -0.2) is 35.8 Å². The van der Waals surface area contributed by atoms with E-state index in [0.717, 1.165) is 34.2 Å². The molecule has 2 aliphatic rings. The Balaban J connectivity index is 1.99. The largest absolute Gasteiger partial charge is 0.481 e. The highest BCUT2D eigenvalue weighted by Crippen LogP contribution is 2.58. The topological polar surface area (TPSA) is 88.0 Å². The number of nitrogens with zero attached hydrogens (tertiary/aromatic N) is 1. The van der Waals surface area contributed by atoms with Crippen molar-refractivity contribution in [3.05, 3.63) is 33.3 Å². The minimum absolute atomic E-state index is 0.0177. The van der Waals surface area contributed by atoms with E-state index < -0.39 is 11.4 Å². The van der Waals surface area contributed by atoms with E-state index in [1.54, 1.807) is 0 Å². The summed E-state index contributed by atoms with van der Waals surface area (Å²) in [6.07, 6.45) is 3.07. The summed E-state index contributed by atoms with van der Waals surface area (Å²) in [6, 6.07) is 4.38. The summed E-state index contributed by atoms with van der Waals surface area (Å²) >= 11 is 3.76. The number of rotatable bonds is 7. The molecule has 0 radical (unpaired) electrons. The SMILES string of the molecule is CC(C)C(=O)NCCO/N=C1\C[C@H]2[C@](C)(C(=O)O)CCC[C@]2(C)c2cc(Br)c(C(C)C)cc21. The number of carbonyl (C=O) groups excluding carboxylic acids is 1. The number of carboxylic acid groups (broad SMARTS) is 1. The van der Waals surface area contributed by atoms with Crippen LogP contribution in [0.15, 0.2) is 21.8 Å². The van der Waals surface area contributed by atoms with Gasteiger partial charge in [-0.1, -0.05) is 62.1 Å². The molecule has 1 amide bonds. The molecule has 6 nitrogen and oxygen atoms in total. The second kappa shape index (κ2) is 9.77. The van der Waals surface area contributed by atoms with Crippen LogP contribution < -0.4 is 5.32 Å². The zero-order valence-electron chi connectivity index (χ0n) is 20.6. The predicted molar refractivity (Wildman–Crippen MR) is 134 cm³/mol. The van der Waals surface area contributed by atoms with E-state index in [9.17, 15) is 14.7 Å². The lowest BCUT2D eigenvalue weighted by atomic mass is 9.49. The fourth-order valence-corrected chi connectivity index (χ4v) is 6.39. The van der Waals surface area contributed by atoms with Crippen molar-refractivity contribution in [1.82, 2.24) is 5.32 Å². The molecule has 182 valence electrons. The molecule has 7 heteroatoms. The van der Waals surface area contributed by atoms with Gasteiger partial charge in [0.15, 0.2) is 0 Å².